The van der Waals surface area contributed by atoms with Crippen LogP contribution in [0.3, 0.4) is 0 Å². The van der Waals surface area contributed by atoms with Crippen LogP contribution in [0, 0.1) is 0 Å². The van der Waals surface area contributed by atoms with Crippen molar-refractivity contribution in [3.63, 3.8) is 0 Å². The molecule has 5 nitrogen and oxygen atoms in total. The predicted molar refractivity (Wildman–Crippen MR) is 47.6 cm³/mol. The Bertz CT molecular complexity index is 321. The number of nitrogens with one attached hydrogen (secondary N) is 1. The van der Waals surface area contributed by atoms with Crippen LogP contribution in [0.2, 0.25) is 0 Å². The summed E-state index contributed by atoms with van der Waals surface area (Å²) >= 11 is 1.28. The van der Waals surface area contributed by atoms with E-state index in [-0.39, 0.29) is 5.69 Å². The van der Waals surface area contributed by atoms with Crippen molar-refractivity contribution in [1.29, 1.82) is 0 Å². The quantitative estimate of drug-likeness (QED) is 0.618. The molecule has 0 bridgehead atoms. The van der Waals surface area contributed by atoms with Crippen molar-refractivity contribution in [1.82, 2.24) is 9.97 Å². The zero-order valence-corrected chi connectivity index (χ0v) is 8.05. The number of nitrogens with zero attached hydrogens (tertiary/aromatic N) is 1. The Hall–Kier alpha value is -1.01. The highest BCUT2D eigenvalue weighted by molar-refractivity contribution is 7.98. The summed E-state index contributed by atoms with van der Waals surface area (Å²) in [5.74, 6) is -1.30. The SMILES string of the molecule is CSc1nc[nH]c1C(C)(O)C(=O)O. The van der Waals surface area contributed by atoms with E-state index in [1.807, 2.05) is 0 Å². The molecule has 0 aromatic carbocycles. The van der Waals surface area contributed by atoms with Gasteiger partial charge >= 0.3 is 5.97 Å². The summed E-state index contributed by atoms with van der Waals surface area (Å²) in [7, 11) is 0. The third-order valence-corrected chi connectivity index (χ3v) is 2.40. The average Bonchev–Trinajstić information content (AvgIpc) is 2.51. The lowest BCUT2D eigenvalue weighted by molar-refractivity contribution is -0.158. The molecule has 0 aliphatic heterocycles. The van der Waals surface area contributed by atoms with E-state index >= 15 is 0 Å². The van der Waals surface area contributed by atoms with Gasteiger partial charge in [0.05, 0.1) is 12.0 Å². The molecule has 0 spiro atoms. The number of carboxylic acid groups (broad SMARTS) is 1. The van der Waals surface area contributed by atoms with Crippen molar-refractivity contribution in [2.45, 2.75) is 17.6 Å². The van der Waals surface area contributed by atoms with Gasteiger partial charge in [0, 0.05) is 0 Å². The van der Waals surface area contributed by atoms with E-state index < -0.39 is 11.6 Å². The van der Waals surface area contributed by atoms with Gasteiger partial charge in [-0.3, -0.25) is 0 Å². The molecule has 0 saturated carbocycles. The molecular weight excluding hydrogens is 192 g/mol. The van der Waals surface area contributed by atoms with E-state index in [0.717, 1.165) is 0 Å². The Morgan fingerprint density at radius 3 is 2.85 bits per heavy atom. The van der Waals surface area contributed by atoms with Gasteiger partial charge in [-0.2, -0.15) is 0 Å². The number of carbonyl (C=O) groups is 1. The molecule has 1 atom stereocenters. The first-order chi connectivity index (χ1) is 6.00. The van der Waals surface area contributed by atoms with Crippen molar-refractivity contribution >= 4 is 17.7 Å². The Balaban J connectivity index is 3.13. The van der Waals surface area contributed by atoms with Crippen LogP contribution in [0.25, 0.3) is 0 Å². The normalized spacial score (nSPS) is 15.3. The van der Waals surface area contributed by atoms with E-state index in [1.54, 1.807) is 6.26 Å². The van der Waals surface area contributed by atoms with Gasteiger partial charge in [-0.05, 0) is 13.2 Å². The standard InChI is InChI=1S/C7H10N2O3S/c1-7(12,6(10)11)4-5(13-2)9-3-8-4/h3,12H,1-2H3,(H,8,9)(H,10,11). The number of hydrogen-bond acceptors (Lipinski definition) is 4. The largest absolute Gasteiger partial charge is 0.479 e. The summed E-state index contributed by atoms with van der Waals surface area (Å²) < 4.78 is 0. The van der Waals surface area contributed by atoms with Crippen molar-refractivity contribution in [3.8, 4) is 0 Å². The van der Waals surface area contributed by atoms with Crippen LogP contribution >= 0.6 is 11.8 Å². The van der Waals surface area contributed by atoms with Crippen LogP contribution in [0.1, 0.15) is 12.6 Å². The Morgan fingerprint density at radius 2 is 2.38 bits per heavy atom. The first-order valence-electron chi connectivity index (χ1n) is 3.53. The molecule has 6 heteroatoms. The smallest absolute Gasteiger partial charge is 0.341 e. The number of hydrogen-bond donors (Lipinski definition) is 3. The number of imidazole rings is 1. The third-order valence-electron chi connectivity index (χ3n) is 1.70. The number of rotatable bonds is 3. The Labute approximate surface area is 79.2 Å². The van der Waals surface area contributed by atoms with Crippen LogP contribution < -0.4 is 0 Å². The molecule has 3 N–H and O–H groups in total. The molecule has 0 aliphatic rings. The lowest BCUT2D eigenvalue weighted by atomic mass is 10.0. The minimum atomic E-state index is -1.91. The maximum absolute atomic E-state index is 10.7. The number of aliphatic hydroxyl groups is 1. The highest BCUT2D eigenvalue weighted by Crippen LogP contribution is 2.26. The van der Waals surface area contributed by atoms with E-state index in [2.05, 4.69) is 9.97 Å². The molecule has 0 saturated heterocycles. The number of aromatic amines is 1. The maximum Gasteiger partial charge on any atom is 0.341 e. The minimum Gasteiger partial charge on any atom is -0.479 e. The molecule has 1 aromatic heterocycles. The van der Waals surface area contributed by atoms with Gasteiger partial charge < -0.3 is 15.2 Å². The number of carboxylic acids is 1. The zero-order valence-electron chi connectivity index (χ0n) is 7.24. The first-order valence-corrected chi connectivity index (χ1v) is 4.76. The van der Waals surface area contributed by atoms with Crippen LogP contribution in [0.5, 0.6) is 0 Å². The Kier molecular flexibility index (Phi) is 2.63. The molecule has 0 fully saturated rings. The summed E-state index contributed by atoms with van der Waals surface area (Å²) in [5, 5.41) is 18.8. The Morgan fingerprint density at radius 1 is 1.77 bits per heavy atom. The summed E-state index contributed by atoms with van der Waals surface area (Å²) in [6.07, 6.45) is 3.12. The van der Waals surface area contributed by atoms with E-state index in [0.29, 0.717) is 5.03 Å². The summed E-state index contributed by atoms with van der Waals surface area (Å²) in [5.41, 5.74) is -1.69. The second-order valence-electron chi connectivity index (χ2n) is 2.66. The predicted octanol–water partition coefficient (Wildman–Crippen LogP) is 0.424. The molecule has 1 rings (SSSR count). The van der Waals surface area contributed by atoms with Crippen molar-refractivity contribution in [2.24, 2.45) is 0 Å². The fourth-order valence-corrected chi connectivity index (χ4v) is 1.51. The van der Waals surface area contributed by atoms with Crippen molar-refractivity contribution in [2.75, 3.05) is 6.26 Å². The molecule has 0 amide bonds. The molecule has 1 unspecified atom stereocenters. The van der Waals surface area contributed by atoms with Gasteiger partial charge in [0.2, 0.25) is 5.60 Å². The van der Waals surface area contributed by atoms with Crippen LogP contribution in [-0.2, 0) is 10.4 Å². The van der Waals surface area contributed by atoms with Crippen molar-refractivity contribution < 1.29 is 15.0 Å². The van der Waals surface area contributed by atoms with E-state index in [1.165, 1.54) is 25.0 Å². The first kappa shape index (κ1) is 10.1. The topological polar surface area (TPSA) is 86.2 Å². The highest BCUT2D eigenvalue weighted by Gasteiger charge is 2.36. The van der Waals surface area contributed by atoms with Gasteiger partial charge in [0.15, 0.2) is 0 Å². The highest BCUT2D eigenvalue weighted by atomic mass is 32.2. The molecule has 1 heterocycles. The van der Waals surface area contributed by atoms with Gasteiger partial charge in [0.25, 0.3) is 0 Å². The number of thioether (sulfide) groups is 1. The van der Waals surface area contributed by atoms with E-state index in [9.17, 15) is 9.90 Å². The fraction of sp³-hybridized carbons (Fsp3) is 0.429. The lowest BCUT2D eigenvalue weighted by Crippen LogP contribution is -2.32. The summed E-state index contributed by atoms with van der Waals surface area (Å²) in [6.45, 7) is 1.21. The third kappa shape index (κ3) is 1.68. The molecule has 13 heavy (non-hydrogen) atoms. The average molecular weight is 202 g/mol. The van der Waals surface area contributed by atoms with Crippen LogP contribution in [-0.4, -0.2) is 32.4 Å². The van der Waals surface area contributed by atoms with Crippen LogP contribution in [0.4, 0.5) is 0 Å². The molecule has 0 aliphatic carbocycles. The monoisotopic (exact) mass is 202 g/mol. The number of aromatic nitrogens is 2. The van der Waals surface area contributed by atoms with Crippen molar-refractivity contribution in [3.05, 3.63) is 12.0 Å². The fourth-order valence-electron chi connectivity index (χ4n) is 0.892. The summed E-state index contributed by atoms with van der Waals surface area (Å²) in [4.78, 5) is 17.2. The second kappa shape index (κ2) is 3.39. The van der Waals surface area contributed by atoms with Gasteiger partial charge in [-0.25, -0.2) is 9.78 Å². The molecule has 0 radical (unpaired) electrons. The number of H-pyrrole nitrogens is 1. The molecular formula is C7H10N2O3S. The maximum atomic E-state index is 10.7. The van der Waals surface area contributed by atoms with Gasteiger partial charge in [-0.15, -0.1) is 11.8 Å². The van der Waals surface area contributed by atoms with E-state index in [4.69, 9.17) is 5.11 Å². The summed E-state index contributed by atoms with van der Waals surface area (Å²) in [6, 6.07) is 0. The number of aliphatic carboxylic acids is 1. The lowest BCUT2D eigenvalue weighted by Gasteiger charge is -2.16. The van der Waals surface area contributed by atoms with Crippen LogP contribution in [0.15, 0.2) is 11.4 Å². The van der Waals surface area contributed by atoms with Gasteiger partial charge in [0.1, 0.15) is 5.03 Å². The zero-order chi connectivity index (χ0) is 10.1. The molecule has 72 valence electrons. The minimum absolute atomic E-state index is 0.215. The molecule has 1 aromatic rings. The second-order valence-corrected chi connectivity index (χ2v) is 3.46. The van der Waals surface area contributed by atoms with Gasteiger partial charge in [-0.1, -0.05) is 0 Å².